The van der Waals surface area contributed by atoms with E-state index in [1.165, 1.54) is 25.6 Å². The van der Waals surface area contributed by atoms with Gasteiger partial charge in [-0.05, 0) is 56.7 Å². The van der Waals surface area contributed by atoms with Crippen LogP contribution in [0.3, 0.4) is 0 Å². The Hall–Kier alpha value is -2.99. The monoisotopic (exact) mass is 535 g/mol. The minimum Gasteiger partial charge on any atom is -0.489 e. The number of nitrogens with two attached hydrogens (primary N) is 1. The zero-order valence-corrected chi connectivity index (χ0v) is 22.5. The molecule has 0 aliphatic carbocycles. The first-order valence-corrected chi connectivity index (χ1v) is 14.1. The van der Waals surface area contributed by atoms with Gasteiger partial charge in [-0.1, -0.05) is 13.8 Å². The Morgan fingerprint density at radius 3 is 2.65 bits per heavy atom. The van der Waals surface area contributed by atoms with Gasteiger partial charge >= 0.3 is 0 Å². The number of amides is 1. The van der Waals surface area contributed by atoms with Crippen LogP contribution in [0.2, 0.25) is 0 Å². The van der Waals surface area contributed by atoms with E-state index in [0.29, 0.717) is 18.7 Å². The van der Waals surface area contributed by atoms with Crippen molar-refractivity contribution in [2.24, 2.45) is 17.6 Å². The first-order valence-electron chi connectivity index (χ1n) is 12.3. The summed E-state index contributed by atoms with van der Waals surface area (Å²) in [6.45, 7) is 6.03. The summed E-state index contributed by atoms with van der Waals surface area (Å²) >= 11 is 0. The highest BCUT2D eigenvalue weighted by molar-refractivity contribution is 7.90. The molecule has 0 radical (unpaired) electrons. The van der Waals surface area contributed by atoms with Crippen molar-refractivity contribution in [3.8, 4) is 17.4 Å². The standard InChI is InChI=1S/C25H34FN5O5S/c1-14(2)21(27)30-23(32)15-10-16-8-9-25(3,12-15)31(16)22-20(35-4)24(29-13-28-22)36-19-7-6-17(11-18(19)26)37(5,33)34/h6-7,11,13-16,21H,8-10,12,27H2,1-5H3,(H,30,32). The van der Waals surface area contributed by atoms with E-state index < -0.39 is 21.8 Å². The molecule has 202 valence electrons. The third-order valence-electron chi connectivity index (χ3n) is 7.33. The Bertz CT molecular complexity index is 1290. The second-order valence-corrected chi connectivity index (χ2v) is 12.5. The molecule has 2 aromatic rings. The second kappa shape index (κ2) is 10.1. The van der Waals surface area contributed by atoms with Crippen molar-refractivity contribution in [2.75, 3.05) is 18.3 Å². The largest absolute Gasteiger partial charge is 0.489 e. The molecule has 10 nitrogen and oxygen atoms in total. The van der Waals surface area contributed by atoms with Gasteiger partial charge in [-0.25, -0.2) is 17.8 Å². The van der Waals surface area contributed by atoms with Crippen molar-refractivity contribution in [3.63, 3.8) is 0 Å². The number of hydrogen-bond donors (Lipinski definition) is 2. The van der Waals surface area contributed by atoms with E-state index in [4.69, 9.17) is 15.2 Å². The first-order chi connectivity index (χ1) is 17.3. The fourth-order valence-electron chi connectivity index (χ4n) is 5.28. The molecule has 4 unspecified atom stereocenters. The summed E-state index contributed by atoms with van der Waals surface area (Å²) in [5.74, 6) is -0.377. The Morgan fingerprint density at radius 1 is 1.32 bits per heavy atom. The summed E-state index contributed by atoms with van der Waals surface area (Å²) in [5.41, 5.74) is 5.71. The molecule has 2 aliphatic heterocycles. The Kier molecular flexibility index (Phi) is 7.35. The number of hydrogen-bond acceptors (Lipinski definition) is 9. The Balaban J connectivity index is 1.61. The number of ether oxygens (including phenoxy) is 2. The first kappa shape index (κ1) is 27.1. The number of nitrogens with one attached hydrogen (secondary N) is 1. The minimum absolute atomic E-state index is 0.00396. The number of rotatable bonds is 8. The number of carbonyl (C=O) groups is 1. The molecule has 12 heteroatoms. The highest BCUT2D eigenvalue weighted by Crippen LogP contribution is 2.51. The number of piperidine rings is 1. The van der Waals surface area contributed by atoms with E-state index in [2.05, 4.69) is 27.1 Å². The van der Waals surface area contributed by atoms with Crippen LogP contribution in [0.15, 0.2) is 29.4 Å². The van der Waals surface area contributed by atoms with Gasteiger partial charge in [-0.15, -0.1) is 0 Å². The van der Waals surface area contributed by atoms with Crippen LogP contribution in [0.1, 0.15) is 46.5 Å². The van der Waals surface area contributed by atoms with Crippen LogP contribution in [-0.4, -0.2) is 55.4 Å². The molecule has 2 bridgehead atoms. The number of carbonyl (C=O) groups excluding carboxylic acids is 1. The highest BCUT2D eigenvalue weighted by Gasteiger charge is 2.52. The predicted octanol–water partition coefficient (Wildman–Crippen LogP) is 3.01. The van der Waals surface area contributed by atoms with Crippen molar-refractivity contribution < 1.29 is 27.1 Å². The fourth-order valence-corrected chi connectivity index (χ4v) is 5.91. The number of nitrogens with zero attached hydrogens (tertiary/aromatic N) is 3. The summed E-state index contributed by atoms with van der Waals surface area (Å²) < 4.78 is 49.5. The van der Waals surface area contributed by atoms with Gasteiger partial charge in [0, 0.05) is 23.8 Å². The van der Waals surface area contributed by atoms with E-state index in [1.807, 2.05) is 13.8 Å². The third-order valence-corrected chi connectivity index (χ3v) is 8.44. The fraction of sp³-hybridized carbons (Fsp3) is 0.560. The lowest BCUT2D eigenvalue weighted by Gasteiger charge is -2.46. The summed E-state index contributed by atoms with van der Waals surface area (Å²) in [4.78, 5) is 23.6. The smallest absolute Gasteiger partial charge is 0.268 e. The van der Waals surface area contributed by atoms with Gasteiger partial charge in [0.2, 0.25) is 11.7 Å². The van der Waals surface area contributed by atoms with Gasteiger partial charge in [-0.3, -0.25) is 4.79 Å². The van der Waals surface area contributed by atoms with E-state index in [1.54, 1.807) is 0 Å². The van der Waals surface area contributed by atoms with Crippen LogP contribution in [-0.2, 0) is 14.6 Å². The zero-order valence-electron chi connectivity index (χ0n) is 21.7. The molecule has 3 heterocycles. The van der Waals surface area contributed by atoms with Crippen LogP contribution in [0.5, 0.6) is 17.4 Å². The van der Waals surface area contributed by atoms with Crippen molar-refractivity contribution in [2.45, 2.75) is 69.1 Å². The minimum atomic E-state index is -3.57. The van der Waals surface area contributed by atoms with Crippen LogP contribution >= 0.6 is 0 Å². The topological polar surface area (TPSA) is 137 Å². The number of sulfone groups is 1. The van der Waals surface area contributed by atoms with E-state index in [0.717, 1.165) is 25.2 Å². The van der Waals surface area contributed by atoms with Gasteiger partial charge in [0.15, 0.2) is 27.2 Å². The molecule has 2 saturated heterocycles. The van der Waals surface area contributed by atoms with E-state index in [9.17, 15) is 17.6 Å². The average Bonchev–Trinajstić information content (AvgIpc) is 3.03. The molecule has 2 aliphatic rings. The molecule has 0 saturated carbocycles. The zero-order chi connectivity index (χ0) is 27.1. The van der Waals surface area contributed by atoms with E-state index in [-0.39, 0.29) is 51.6 Å². The molecular weight excluding hydrogens is 501 g/mol. The molecule has 1 aromatic carbocycles. The van der Waals surface area contributed by atoms with Crippen molar-refractivity contribution >= 4 is 21.6 Å². The van der Waals surface area contributed by atoms with E-state index >= 15 is 0 Å². The lowest BCUT2D eigenvalue weighted by molar-refractivity contribution is -0.127. The lowest BCUT2D eigenvalue weighted by Crippen LogP contribution is -2.56. The van der Waals surface area contributed by atoms with Crippen LogP contribution in [0, 0.1) is 17.7 Å². The van der Waals surface area contributed by atoms with Gasteiger partial charge in [-0.2, -0.15) is 4.98 Å². The average molecular weight is 536 g/mol. The number of halogens is 1. The molecule has 4 atom stereocenters. The molecule has 0 spiro atoms. The van der Waals surface area contributed by atoms with Crippen LogP contribution in [0.25, 0.3) is 0 Å². The SMILES string of the molecule is COc1c(Oc2ccc(S(C)(=O)=O)cc2F)ncnc1N1C2CCC1(C)CC(C(=O)NC(N)C(C)C)C2. The maximum absolute atomic E-state index is 14.7. The van der Waals surface area contributed by atoms with Crippen molar-refractivity contribution in [1.29, 1.82) is 0 Å². The lowest BCUT2D eigenvalue weighted by atomic mass is 9.82. The van der Waals surface area contributed by atoms with Gasteiger partial charge in [0.25, 0.3) is 5.88 Å². The predicted molar refractivity (Wildman–Crippen MR) is 136 cm³/mol. The van der Waals surface area contributed by atoms with Crippen LogP contribution in [0.4, 0.5) is 10.2 Å². The number of benzene rings is 1. The normalized spacial score (nSPS) is 24.2. The number of fused-ring (bicyclic) bond motifs is 2. The summed E-state index contributed by atoms with van der Waals surface area (Å²) in [7, 11) is -2.12. The number of aromatic nitrogens is 2. The molecule has 4 rings (SSSR count). The van der Waals surface area contributed by atoms with Gasteiger partial charge < -0.3 is 25.4 Å². The number of methoxy groups -OCH3 is 1. The molecule has 1 amide bonds. The summed E-state index contributed by atoms with van der Waals surface area (Å²) in [6, 6.07) is 3.45. The molecule has 1 aromatic heterocycles. The third kappa shape index (κ3) is 5.35. The summed E-state index contributed by atoms with van der Waals surface area (Å²) in [5, 5.41) is 2.94. The molecule has 2 fully saturated rings. The van der Waals surface area contributed by atoms with Gasteiger partial charge in [0.05, 0.1) is 18.2 Å². The Labute approximate surface area is 216 Å². The van der Waals surface area contributed by atoms with Crippen molar-refractivity contribution in [3.05, 3.63) is 30.3 Å². The number of anilines is 1. The maximum atomic E-state index is 14.7. The highest BCUT2D eigenvalue weighted by atomic mass is 32.2. The van der Waals surface area contributed by atoms with Crippen molar-refractivity contribution in [1.82, 2.24) is 15.3 Å². The van der Waals surface area contributed by atoms with Gasteiger partial charge in [0.1, 0.15) is 6.33 Å². The summed E-state index contributed by atoms with van der Waals surface area (Å²) in [6.07, 6.45) is 4.91. The second-order valence-electron chi connectivity index (χ2n) is 10.5. The maximum Gasteiger partial charge on any atom is 0.268 e. The molecule has 37 heavy (non-hydrogen) atoms. The molecule has 3 N–H and O–H groups in total. The Morgan fingerprint density at radius 2 is 2.05 bits per heavy atom. The quantitative estimate of drug-likeness (QED) is 0.489. The van der Waals surface area contributed by atoms with Crippen LogP contribution < -0.4 is 25.4 Å². The molecular formula is C25H34FN5O5S.